The summed E-state index contributed by atoms with van der Waals surface area (Å²) in [5.41, 5.74) is 12.0. The van der Waals surface area contributed by atoms with Gasteiger partial charge in [-0.15, -0.1) is 0 Å². The van der Waals surface area contributed by atoms with Crippen LogP contribution in [0.3, 0.4) is 0 Å². The SMILES string of the molecule is CN(C)C1CCC(N=CC(C(N)=O)C(N)=Nc2ccc(Cl)cc2)C(C#N)C1. The average molecular weight is 389 g/mol. The summed E-state index contributed by atoms with van der Waals surface area (Å²) in [7, 11) is 4.03. The van der Waals surface area contributed by atoms with E-state index in [4.69, 9.17) is 23.1 Å². The average Bonchev–Trinajstić information content (AvgIpc) is 2.63. The Morgan fingerprint density at radius 3 is 2.56 bits per heavy atom. The van der Waals surface area contributed by atoms with Gasteiger partial charge in [0.2, 0.25) is 5.91 Å². The van der Waals surface area contributed by atoms with Crippen LogP contribution < -0.4 is 11.5 Å². The molecule has 144 valence electrons. The second kappa shape index (κ2) is 9.49. The first-order chi connectivity index (χ1) is 12.8. The summed E-state index contributed by atoms with van der Waals surface area (Å²) in [6.07, 6.45) is 3.91. The van der Waals surface area contributed by atoms with Gasteiger partial charge in [0, 0.05) is 17.3 Å². The number of nitrogens with zero attached hydrogens (tertiary/aromatic N) is 4. The van der Waals surface area contributed by atoms with E-state index in [2.05, 4.69) is 21.0 Å². The number of halogens is 1. The smallest absolute Gasteiger partial charge is 0.233 e. The van der Waals surface area contributed by atoms with Crippen molar-refractivity contribution in [3.05, 3.63) is 29.3 Å². The summed E-state index contributed by atoms with van der Waals surface area (Å²) in [5, 5.41) is 10.0. The maximum atomic E-state index is 11.8. The van der Waals surface area contributed by atoms with Gasteiger partial charge in [0.1, 0.15) is 11.8 Å². The van der Waals surface area contributed by atoms with E-state index >= 15 is 0 Å². The number of carbonyl (C=O) groups excluding carboxylic acids is 1. The molecule has 1 saturated carbocycles. The van der Waals surface area contributed by atoms with Gasteiger partial charge in [0.05, 0.1) is 23.7 Å². The zero-order valence-corrected chi connectivity index (χ0v) is 16.3. The van der Waals surface area contributed by atoms with Gasteiger partial charge in [-0.05, 0) is 57.6 Å². The molecule has 8 heteroatoms. The fourth-order valence-electron chi connectivity index (χ4n) is 3.15. The topological polar surface area (TPSA) is 121 Å². The first-order valence-corrected chi connectivity index (χ1v) is 9.18. The summed E-state index contributed by atoms with van der Waals surface area (Å²) in [6.45, 7) is 0. The lowest BCUT2D eigenvalue weighted by molar-refractivity contribution is -0.118. The summed E-state index contributed by atoms with van der Waals surface area (Å²) in [5.74, 6) is -1.70. The van der Waals surface area contributed by atoms with E-state index in [1.54, 1.807) is 24.3 Å². The molecule has 7 nitrogen and oxygen atoms in total. The highest BCUT2D eigenvalue weighted by Gasteiger charge is 2.31. The van der Waals surface area contributed by atoms with E-state index < -0.39 is 11.8 Å². The Bertz CT molecular complexity index is 752. The highest BCUT2D eigenvalue weighted by atomic mass is 35.5. The fraction of sp³-hybridized carbons (Fsp3) is 0.474. The summed E-state index contributed by atoms with van der Waals surface area (Å²) < 4.78 is 0. The molecule has 1 aromatic carbocycles. The van der Waals surface area contributed by atoms with Crippen LogP contribution in [0.1, 0.15) is 19.3 Å². The maximum absolute atomic E-state index is 11.8. The Balaban J connectivity index is 2.14. The van der Waals surface area contributed by atoms with Gasteiger partial charge in [-0.3, -0.25) is 9.79 Å². The lowest BCUT2D eigenvalue weighted by Gasteiger charge is -2.34. The monoisotopic (exact) mass is 388 g/mol. The normalized spacial score (nSPS) is 24.7. The Kier molecular flexibility index (Phi) is 7.34. The molecule has 0 radical (unpaired) electrons. The van der Waals surface area contributed by atoms with Crippen LogP contribution in [0.5, 0.6) is 0 Å². The molecule has 0 bridgehead atoms. The van der Waals surface area contributed by atoms with Gasteiger partial charge < -0.3 is 16.4 Å². The number of rotatable bonds is 6. The molecule has 4 unspecified atom stereocenters. The van der Waals surface area contributed by atoms with Gasteiger partial charge in [-0.2, -0.15) is 5.26 Å². The number of carbonyl (C=O) groups is 1. The fourth-order valence-corrected chi connectivity index (χ4v) is 3.27. The molecule has 1 amide bonds. The minimum Gasteiger partial charge on any atom is -0.386 e. The standard InChI is InChI=1S/C19H25ClN6O/c1-26(2)15-7-8-17(12(9-15)10-21)24-11-16(19(23)27)18(22)25-14-5-3-13(20)4-6-14/h3-6,11-12,15-17H,7-9H2,1-2H3,(H2,22,25)(H2,23,27). The number of benzene rings is 1. The van der Waals surface area contributed by atoms with Crippen LogP contribution in [-0.4, -0.2) is 49.0 Å². The van der Waals surface area contributed by atoms with Gasteiger partial charge in [-0.1, -0.05) is 11.6 Å². The minimum absolute atomic E-state index is 0.0593. The zero-order valence-electron chi connectivity index (χ0n) is 15.5. The van der Waals surface area contributed by atoms with Gasteiger partial charge in [0.25, 0.3) is 0 Å². The third-order valence-electron chi connectivity index (χ3n) is 4.82. The Morgan fingerprint density at radius 1 is 1.33 bits per heavy atom. The molecule has 0 aromatic heterocycles. The van der Waals surface area contributed by atoms with Crippen molar-refractivity contribution in [2.75, 3.05) is 14.1 Å². The molecule has 1 aromatic rings. The second-order valence-corrected chi connectivity index (χ2v) is 7.36. The molecule has 1 fully saturated rings. The molecule has 0 spiro atoms. The van der Waals surface area contributed by atoms with Crippen LogP contribution in [0.2, 0.25) is 5.02 Å². The number of nitrogens with two attached hydrogens (primary N) is 2. The van der Waals surface area contributed by atoms with E-state index in [9.17, 15) is 10.1 Å². The molecule has 4 atom stereocenters. The zero-order chi connectivity index (χ0) is 20.0. The molecule has 2 rings (SSSR count). The molecule has 4 N–H and O–H groups in total. The first-order valence-electron chi connectivity index (χ1n) is 8.80. The molecule has 0 aliphatic heterocycles. The van der Waals surface area contributed by atoms with E-state index in [-0.39, 0.29) is 17.8 Å². The van der Waals surface area contributed by atoms with Gasteiger partial charge >= 0.3 is 0 Å². The van der Waals surface area contributed by atoms with Crippen molar-refractivity contribution in [1.29, 1.82) is 5.26 Å². The van der Waals surface area contributed by atoms with Crippen LogP contribution in [-0.2, 0) is 4.79 Å². The third-order valence-corrected chi connectivity index (χ3v) is 5.07. The second-order valence-electron chi connectivity index (χ2n) is 6.92. The van der Waals surface area contributed by atoms with Crippen LogP contribution in [0.15, 0.2) is 34.3 Å². The molecule has 0 heterocycles. The van der Waals surface area contributed by atoms with Gasteiger partial charge in [-0.25, -0.2) is 4.99 Å². The van der Waals surface area contributed by atoms with Crippen LogP contribution in [0.4, 0.5) is 5.69 Å². The van der Waals surface area contributed by atoms with E-state index in [0.717, 1.165) is 19.3 Å². The largest absolute Gasteiger partial charge is 0.386 e. The van der Waals surface area contributed by atoms with Crippen LogP contribution >= 0.6 is 11.6 Å². The molecular formula is C19H25ClN6O. The van der Waals surface area contributed by atoms with Crippen LogP contribution in [0, 0.1) is 23.2 Å². The molecular weight excluding hydrogens is 364 g/mol. The van der Waals surface area contributed by atoms with Crippen molar-refractivity contribution in [3.8, 4) is 6.07 Å². The van der Waals surface area contributed by atoms with Crippen molar-refractivity contribution >= 4 is 35.2 Å². The van der Waals surface area contributed by atoms with E-state index in [1.165, 1.54) is 6.21 Å². The predicted molar refractivity (Wildman–Crippen MR) is 108 cm³/mol. The minimum atomic E-state index is -0.924. The summed E-state index contributed by atoms with van der Waals surface area (Å²) in [6, 6.07) is 9.28. The van der Waals surface area contributed by atoms with Crippen molar-refractivity contribution in [1.82, 2.24) is 4.90 Å². The highest BCUT2D eigenvalue weighted by Crippen LogP contribution is 2.29. The van der Waals surface area contributed by atoms with Crippen LogP contribution in [0.25, 0.3) is 0 Å². The highest BCUT2D eigenvalue weighted by molar-refractivity contribution is 6.30. The van der Waals surface area contributed by atoms with E-state index in [1.807, 2.05) is 14.1 Å². The Morgan fingerprint density at radius 2 is 2.00 bits per heavy atom. The summed E-state index contributed by atoms with van der Waals surface area (Å²) in [4.78, 5) is 22.7. The van der Waals surface area contributed by atoms with Crippen molar-refractivity contribution in [2.24, 2.45) is 33.3 Å². The van der Waals surface area contributed by atoms with Crippen molar-refractivity contribution < 1.29 is 4.79 Å². The summed E-state index contributed by atoms with van der Waals surface area (Å²) >= 11 is 5.85. The Labute approximate surface area is 164 Å². The first kappa shape index (κ1) is 20.9. The molecule has 27 heavy (non-hydrogen) atoms. The number of aliphatic imine (C=N–C) groups is 2. The molecule has 1 aliphatic rings. The Hall–Kier alpha value is -2.43. The number of amidine groups is 1. The third kappa shape index (κ3) is 5.78. The maximum Gasteiger partial charge on any atom is 0.233 e. The number of amides is 1. The van der Waals surface area contributed by atoms with Crippen molar-refractivity contribution in [2.45, 2.75) is 31.3 Å². The number of nitriles is 1. The van der Waals surface area contributed by atoms with E-state index in [0.29, 0.717) is 16.8 Å². The quantitative estimate of drug-likeness (QED) is 0.572. The van der Waals surface area contributed by atoms with Crippen molar-refractivity contribution in [3.63, 3.8) is 0 Å². The lowest BCUT2D eigenvalue weighted by atomic mass is 9.82. The molecule has 0 saturated heterocycles. The number of hydrogen-bond acceptors (Lipinski definition) is 5. The van der Waals surface area contributed by atoms with Gasteiger partial charge in [0.15, 0.2) is 0 Å². The molecule has 1 aliphatic carbocycles. The predicted octanol–water partition coefficient (Wildman–Crippen LogP) is 2.12. The lowest BCUT2D eigenvalue weighted by Crippen LogP contribution is -2.39. The number of primary amides is 1. The number of hydrogen-bond donors (Lipinski definition) is 2.